The number of nitrogens with one attached hydrogen (secondary N) is 1. The van der Waals surface area contributed by atoms with Gasteiger partial charge in [0.05, 0.1) is 17.1 Å². The van der Waals surface area contributed by atoms with Crippen molar-refractivity contribution in [3.63, 3.8) is 0 Å². The van der Waals surface area contributed by atoms with Crippen LogP contribution in [0.15, 0.2) is 11.4 Å². The molecule has 1 heterocycles. The number of amides is 2. The highest BCUT2D eigenvalue weighted by Crippen LogP contribution is 2.23. The molecule has 0 saturated heterocycles. The van der Waals surface area contributed by atoms with E-state index in [0.29, 0.717) is 10.0 Å². The third-order valence-electron chi connectivity index (χ3n) is 1.38. The summed E-state index contributed by atoms with van der Waals surface area (Å²) in [5, 5.41) is 5.44. The lowest BCUT2D eigenvalue weighted by Crippen LogP contribution is -2.29. The Kier molecular flexibility index (Phi) is 3.53. The van der Waals surface area contributed by atoms with Crippen molar-refractivity contribution in [1.29, 1.82) is 0 Å². The minimum Gasteiger partial charge on any atom is -0.305 e. The van der Waals surface area contributed by atoms with Crippen LogP contribution in [-0.4, -0.2) is 25.3 Å². The molecule has 0 aromatic carbocycles. The molecule has 1 aromatic rings. The van der Waals surface area contributed by atoms with Crippen LogP contribution in [0.25, 0.3) is 0 Å². The molecule has 13 heavy (non-hydrogen) atoms. The Morgan fingerprint density at radius 3 is 2.92 bits per heavy atom. The minimum absolute atomic E-state index is 0.336. The number of anilines is 1. The number of hydrogen-bond acceptors (Lipinski definition) is 3. The van der Waals surface area contributed by atoms with Crippen molar-refractivity contribution in [1.82, 2.24) is 5.06 Å². The largest absolute Gasteiger partial charge is 0.345 e. The van der Waals surface area contributed by atoms with Crippen molar-refractivity contribution in [2.75, 3.05) is 19.5 Å². The Hall–Kier alpha value is -0.780. The number of halogens is 1. The van der Waals surface area contributed by atoms with Crippen molar-refractivity contribution >= 4 is 34.7 Å². The summed E-state index contributed by atoms with van der Waals surface area (Å²) in [5.74, 6) is 0. The van der Waals surface area contributed by atoms with Crippen LogP contribution >= 0.6 is 22.9 Å². The third-order valence-corrected chi connectivity index (χ3v) is 2.47. The zero-order valence-electron chi connectivity index (χ0n) is 7.20. The first kappa shape index (κ1) is 10.3. The summed E-state index contributed by atoms with van der Waals surface area (Å²) in [7, 11) is 2.93. The lowest BCUT2D eigenvalue weighted by molar-refractivity contribution is -0.0598. The number of hydroxylamine groups is 2. The fraction of sp³-hybridized carbons (Fsp3) is 0.286. The molecule has 1 rings (SSSR count). The van der Waals surface area contributed by atoms with Gasteiger partial charge < -0.3 is 5.32 Å². The Bertz CT molecular complexity index is 302. The zero-order valence-corrected chi connectivity index (χ0v) is 8.78. The quantitative estimate of drug-likeness (QED) is 0.778. The van der Waals surface area contributed by atoms with Gasteiger partial charge in [0.15, 0.2) is 0 Å². The lowest BCUT2D eigenvalue weighted by Gasteiger charge is -2.13. The van der Waals surface area contributed by atoms with Crippen LogP contribution in [0.5, 0.6) is 0 Å². The molecule has 72 valence electrons. The molecule has 0 unspecified atom stereocenters. The number of nitrogens with zero attached hydrogens (tertiary/aromatic N) is 1. The van der Waals surface area contributed by atoms with Crippen molar-refractivity contribution in [2.24, 2.45) is 0 Å². The lowest BCUT2D eigenvalue weighted by atomic mass is 10.5. The Balaban J connectivity index is 2.54. The normalized spacial score (nSPS) is 9.77. The molecule has 0 fully saturated rings. The van der Waals surface area contributed by atoms with Gasteiger partial charge in [0.2, 0.25) is 0 Å². The van der Waals surface area contributed by atoms with E-state index in [1.807, 2.05) is 0 Å². The predicted molar refractivity (Wildman–Crippen MR) is 53.1 cm³/mol. The molecule has 1 N–H and O–H groups in total. The van der Waals surface area contributed by atoms with Gasteiger partial charge in [-0.25, -0.2) is 9.86 Å². The van der Waals surface area contributed by atoms with E-state index >= 15 is 0 Å². The Labute approximate surface area is 85.0 Å². The van der Waals surface area contributed by atoms with E-state index in [1.54, 1.807) is 11.4 Å². The van der Waals surface area contributed by atoms with Gasteiger partial charge in [-0.15, -0.1) is 11.3 Å². The number of hydrogen-bond donors (Lipinski definition) is 1. The van der Waals surface area contributed by atoms with Crippen LogP contribution in [-0.2, 0) is 4.84 Å². The molecule has 6 heteroatoms. The topological polar surface area (TPSA) is 41.6 Å². The molecule has 0 bridgehead atoms. The fourth-order valence-corrected chi connectivity index (χ4v) is 1.47. The van der Waals surface area contributed by atoms with E-state index in [1.165, 1.54) is 25.5 Å². The maximum atomic E-state index is 11.2. The summed E-state index contributed by atoms with van der Waals surface area (Å²) in [5.41, 5.74) is 0.670. The highest BCUT2D eigenvalue weighted by molar-refractivity contribution is 7.14. The number of thiophene rings is 1. The molecule has 0 radical (unpaired) electrons. The smallest absolute Gasteiger partial charge is 0.305 e. The van der Waals surface area contributed by atoms with Crippen LogP contribution in [0.1, 0.15) is 0 Å². The average molecular weight is 221 g/mol. The summed E-state index contributed by atoms with van der Waals surface area (Å²) in [6.45, 7) is 0. The van der Waals surface area contributed by atoms with Gasteiger partial charge in [0.1, 0.15) is 0 Å². The maximum Gasteiger partial charge on any atom is 0.345 e. The zero-order chi connectivity index (χ0) is 9.84. The van der Waals surface area contributed by atoms with Gasteiger partial charge in [-0.05, 0) is 6.07 Å². The molecule has 1 aromatic heterocycles. The molecule has 0 aliphatic carbocycles. The summed E-state index contributed by atoms with van der Waals surface area (Å²) in [6.07, 6.45) is 0. The summed E-state index contributed by atoms with van der Waals surface area (Å²) in [4.78, 5) is 15.9. The SMILES string of the molecule is CON(C)C(=O)Nc1csc(Cl)c1. The molecule has 0 aliphatic rings. The fourth-order valence-electron chi connectivity index (χ4n) is 0.661. The highest BCUT2D eigenvalue weighted by atomic mass is 35.5. The molecule has 0 spiro atoms. The number of rotatable bonds is 2. The van der Waals surface area contributed by atoms with Crippen LogP contribution in [0.4, 0.5) is 10.5 Å². The second kappa shape index (κ2) is 4.45. The van der Waals surface area contributed by atoms with Gasteiger partial charge in [-0.2, -0.15) is 0 Å². The van der Waals surface area contributed by atoms with E-state index in [4.69, 9.17) is 11.6 Å². The Morgan fingerprint density at radius 1 is 1.77 bits per heavy atom. The molecule has 0 saturated carbocycles. The van der Waals surface area contributed by atoms with Crippen LogP contribution in [0.2, 0.25) is 4.34 Å². The van der Waals surface area contributed by atoms with Crippen LogP contribution in [0.3, 0.4) is 0 Å². The van der Waals surface area contributed by atoms with E-state index in [0.717, 1.165) is 5.06 Å². The second-order valence-electron chi connectivity index (χ2n) is 2.25. The van der Waals surface area contributed by atoms with Crippen molar-refractivity contribution in [3.05, 3.63) is 15.8 Å². The average Bonchev–Trinajstić information content (AvgIpc) is 2.49. The van der Waals surface area contributed by atoms with E-state index in [9.17, 15) is 4.79 Å². The first-order valence-corrected chi connectivity index (χ1v) is 4.72. The molecule has 0 aliphatic heterocycles. The predicted octanol–water partition coefficient (Wildman–Crippen LogP) is 2.43. The number of urea groups is 1. The third kappa shape index (κ3) is 2.87. The van der Waals surface area contributed by atoms with Gasteiger partial charge >= 0.3 is 6.03 Å². The van der Waals surface area contributed by atoms with Gasteiger partial charge in [0, 0.05) is 12.4 Å². The molecule has 4 nitrogen and oxygen atoms in total. The Morgan fingerprint density at radius 2 is 2.46 bits per heavy atom. The molecular weight excluding hydrogens is 212 g/mol. The van der Waals surface area contributed by atoms with Gasteiger partial charge in [-0.3, -0.25) is 4.84 Å². The summed E-state index contributed by atoms with van der Waals surface area (Å²) >= 11 is 7.04. The first-order valence-electron chi connectivity index (χ1n) is 3.46. The minimum atomic E-state index is -0.336. The van der Waals surface area contributed by atoms with E-state index in [2.05, 4.69) is 10.2 Å². The summed E-state index contributed by atoms with van der Waals surface area (Å²) in [6, 6.07) is 1.34. The first-order chi connectivity index (χ1) is 6.13. The molecule has 0 atom stereocenters. The number of carbonyl (C=O) groups is 1. The maximum absolute atomic E-state index is 11.2. The summed E-state index contributed by atoms with van der Waals surface area (Å²) < 4.78 is 0.635. The molecule has 2 amide bonds. The van der Waals surface area contributed by atoms with Gasteiger partial charge in [0.25, 0.3) is 0 Å². The van der Waals surface area contributed by atoms with Crippen LogP contribution < -0.4 is 5.32 Å². The van der Waals surface area contributed by atoms with Crippen molar-refractivity contribution < 1.29 is 9.63 Å². The van der Waals surface area contributed by atoms with Gasteiger partial charge in [-0.1, -0.05) is 11.6 Å². The molecular formula is C7H9ClN2O2S. The van der Waals surface area contributed by atoms with E-state index in [-0.39, 0.29) is 6.03 Å². The second-order valence-corrected chi connectivity index (χ2v) is 3.79. The highest BCUT2D eigenvalue weighted by Gasteiger charge is 2.08. The number of carbonyl (C=O) groups excluding carboxylic acids is 1. The standard InChI is InChI=1S/C7H9ClN2O2S/c1-10(12-2)7(11)9-5-3-6(8)13-4-5/h3-4H,1-2H3,(H,9,11). The van der Waals surface area contributed by atoms with Crippen molar-refractivity contribution in [3.8, 4) is 0 Å². The van der Waals surface area contributed by atoms with Crippen LogP contribution in [0, 0.1) is 0 Å². The van der Waals surface area contributed by atoms with E-state index < -0.39 is 0 Å². The van der Waals surface area contributed by atoms with Crippen molar-refractivity contribution in [2.45, 2.75) is 0 Å². The monoisotopic (exact) mass is 220 g/mol.